The number of rotatable bonds is 9. The first kappa shape index (κ1) is 20.3. The third-order valence-electron chi connectivity index (χ3n) is 4.04. The van der Waals surface area contributed by atoms with Gasteiger partial charge in [-0.3, -0.25) is 9.59 Å². The van der Waals surface area contributed by atoms with Gasteiger partial charge in [-0.05, 0) is 68.8 Å². The summed E-state index contributed by atoms with van der Waals surface area (Å²) in [6.45, 7) is 6.65. The van der Waals surface area contributed by atoms with E-state index >= 15 is 0 Å². The molecule has 0 aliphatic rings. The highest BCUT2D eigenvalue weighted by molar-refractivity contribution is 5.95. The maximum atomic E-state index is 12.1. The normalized spacial score (nSPS) is 11.4. The molecule has 144 valence electrons. The van der Waals surface area contributed by atoms with Gasteiger partial charge in [0, 0.05) is 23.0 Å². The van der Waals surface area contributed by atoms with E-state index in [2.05, 4.69) is 16.0 Å². The monoisotopic (exact) mass is 369 g/mol. The average Bonchev–Trinajstić information content (AvgIpc) is 2.68. The summed E-state index contributed by atoms with van der Waals surface area (Å²) in [5.74, 6) is 0.521. The lowest BCUT2D eigenvalue weighted by molar-refractivity contribution is -0.114. The van der Waals surface area contributed by atoms with Crippen LogP contribution in [0.5, 0.6) is 5.75 Å². The lowest BCUT2D eigenvalue weighted by atomic mass is 10.1. The smallest absolute Gasteiger partial charge is 0.251 e. The molecular weight excluding hydrogens is 342 g/mol. The topological polar surface area (TPSA) is 79.5 Å². The Bertz CT molecular complexity index is 742. The molecule has 6 heteroatoms. The maximum Gasteiger partial charge on any atom is 0.251 e. The summed E-state index contributed by atoms with van der Waals surface area (Å²) in [5, 5.41) is 8.79. The molecule has 0 fully saturated rings. The van der Waals surface area contributed by atoms with Crippen LogP contribution in [0.4, 0.5) is 11.4 Å². The molecule has 0 radical (unpaired) electrons. The van der Waals surface area contributed by atoms with E-state index in [1.165, 1.54) is 0 Å². The number of hydrogen-bond acceptors (Lipinski definition) is 4. The second-order valence-corrected chi connectivity index (χ2v) is 6.22. The highest BCUT2D eigenvalue weighted by atomic mass is 16.5. The summed E-state index contributed by atoms with van der Waals surface area (Å²) in [7, 11) is 0. The number of ether oxygens (including phenoxy) is 1. The molecule has 0 bridgehead atoms. The van der Waals surface area contributed by atoms with Crippen molar-refractivity contribution in [1.82, 2.24) is 5.32 Å². The number of anilines is 2. The van der Waals surface area contributed by atoms with E-state index in [1.54, 1.807) is 36.4 Å². The lowest BCUT2D eigenvalue weighted by Gasteiger charge is -2.12. The lowest BCUT2D eigenvalue weighted by Crippen LogP contribution is -2.31. The summed E-state index contributed by atoms with van der Waals surface area (Å²) < 4.78 is 5.37. The first-order valence-electron chi connectivity index (χ1n) is 9.19. The SMILES string of the molecule is CCOc1ccc(NC(=O)CNc2ccc(C(=O)NC(C)CC)cc2)cc1. The Morgan fingerprint density at radius 1 is 0.963 bits per heavy atom. The molecule has 0 aromatic heterocycles. The standard InChI is InChI=1S/C21H27N3O3/c1-4-15(3)23-21(26)16-6-8-17(9-7-16)22-14-20(25)24-18-10-12-19(13-11-18)27-5-2/h6-13,15,22H,4-5,14H2,1-3H3,(H,23,26)(H,24,25). The first-order valence-corrected chi connectivity index (χ1v) is 9.19. The van der Waals surface area contributed by atoms with E-state index in [4.69, 9.17) is 4.74 Å². The van der Waals surface area contributed by atoms with E-state index in [9.17, 15) is 9.59 Å². The molecule has 2 aromatic rings. The van der Waals surface area contributed by atoms with Crippen LogP contribution in [0.15, 0.2) is 48.5 Å². The Balaban J connectivity index is 1.81. The van der Waals surface area contributed by atoms with Crippen molar-refractivity contribution in [2.45, 2.75) is 33.2 Å². The molecule has 0 heterocycles. The van der Waals surface area contributed by atoms with Gasteiger partial charge in [-0.2, -0.15) is 0 Å². The van der Waals surface area contributed by atoms with Crippen molar-refractivity contribution >= 4 is 23.2 Å². The van der Waals surface area contributed by atoms with Gasteiger partial charge in [0.25, 0.3) is 5.91 Å². The van der Waals surface area contributed by atoms with E-state index in [1.807, 2.05) is 32.9 Å². The summed E-state index contributed by atoms with van der Waals surface area (Å²) in [6, 6.07) is 14.4. The second kappa shape index (κ2) is 10.2. The van der Waals surface area contributed by atoms with Gasteiger partial charge >= 0.3 is 0 Å². The van der Waals surface area contributed by atoms with E-state index in [0.717, 1.165) is 17.9 Å². The van der Waals surface area contributed by atoms with Gasteiger partial charge in [-0.1, -0.05) is 6.92 Å². The van der Waals surface area contributed by atoms with Crippen molar-refractivity contribution in [2.24, 2.45) is 0 Å². The second-order valence-electron chi connectivity index (χ2n) is 6.22. The highest BCUT2D eigenvalue weighted by Crippen LogP contribution is 2.15. The quantitative estimate of drug-likeness (QED) is 0.630. The van der Waals surface area contributed by atoms with Gasteiger partial charge in [-0.15, -0.1) is 0 Å². The number of benzene rings is 2. The van der Waals surface area contributed by atoms with Crippen LogP contribution in [0.25, 0.3) is 0 Å². The Morgan fingerprint density at radius 3 is 2.19 bits per heavy atom. The number of amides is 2. The van der Waals surface area contributed by atoms with Crippen LogP contribution in [-0.2, 0) is 4.79 Å². The van der Waals surface area contributed by atoms with Crippen molar-refractivity contribution in [1.29, 1.82) is 0 Å². The van der Waals surface area contributed by atoms with Crippen LogP contribution in [-0.4, -0.2) is 31.0 Å². The minimum absolute atomic E-state index is 0.0934. The van der Waals surface area contributed by atoms with Gasteiger partial charge in [-0.25, -0.2) is 0 Å². The molecule has 3 N–H and O–H groups in total. The molecule has 2 rings (SSSR count). The zero-order valence-electron chi connectivity index (χ0n) is 16.0. The Labute approximate surface area is 160 Å². The third kappa shape index (κ3) is 6.66. The minimum atomic E-state index is -0.155. The van der Waals surface area contributed by atoms with Gasteiger partial charge in [0.05, 0.1) is 13.2 Å². The summed E-state index contributed by atoms with van der Waals surface area (Å²) >= 11 is 0. The van der Waals surface area contributed by atoms with Crippen molar-refractivity contribution < 1.29 is 14.3 Å². The Kier molecular flexibility index (Phi) is 7.67. The van der Waals surface area contributed by atoms with Crippen LogP contribution in [0.2, 0.25) is 0 Å². The molecule has 0 aliphatic carbocycles. The van der Waals surface area contributed by atoms with Crippen molar-refractivity contribution in [3.8, 4) is 5.75 Å². The molecule has 27 heavy (non-hydrogen) atoms. The molecule has 2 aromatic carbocycles. The van der Waals surface area contributed by atoms with Gasteiger partial charge in [0.2, 0.25) is 5.91 Å². The van der Waals surface area contributed by atoms with Gasteiger partial charge in [0.1, 0.15) is 5.75 Å². The van der Waals surface area contributed by atoms with Crippen LogP contribution >= 0.6 is 0 Å². The number of carbonyl (C=O) groups is 2. The molecule has 0 spiro atoms. The molecule has 0 saturated heterocycles. The van der Waals surface area contributed by atoms with Gasteiger partial charge < -0.3 is 20.7 Å². The average molecular weight is 369 g/mol. The zero-order chi connectivity index (χ0) is 19.6. The van der Waals surface area contributed by atoms with Crippen molar-refractivity contribution in [3.05, 3.63) is 54.1 Å². The molecule has 2 amide bonds. The highest BCUT2D eigenvalue weighted by Gasteiger charge is 2.08. The first-order chi connectivity index (χ1) is 13.0. The Morgan fingerprint density at radius 2 is 1.59 bits per heavy atom. The predicted molar refractivity (Wildman–Crippen MR) is 108 cm³/mol. The van der Waals surface area contributed by atoms with Crippen LogP contribution in [0.1, 0.15) is 37.6 Å². The number of carbonyl (C=O) groups excluding carboxylic acids is 2. The maximum absolute atomic E-state index is 12.1. The summed E-state index contributed by atoms with van der Waals surface area (Å²) in [5.41, 5.74) is 2.08. The molecular formula is C21H27N3O3. The largest absolute Gasteiger partial charge is 0.494 e. The molecule has 1 atom stereocenters. The fourth-order valence-corrected chi connectivity index (χ4v) is 2.34. The summed E-state index contributed by atoms with van der Waals surface area (Å²) in [4.78, 5) is 24.1. The Hall–Kier alpha value is -3.02. The minimum Gasteiger partial charge on any atom is -0.494 e. The number of nitrogens with one attached hydrogen (secondary N) is 3. The summed E-state index contributed by atoms with van der Waals surface area (Å²) in [6.07, 6.45) is 0.884. The third-order valence-corrected chi connectivity index (χ3v) is 4.04. The van der Waals surface area contributed by atoms with Crippen LogP contribution in [0, 0.1) is 0 Å². The number of hydrogen-bond donors (Lipinski definition) is 3. The molecule has 6 nitrogen and oxygen atoms in total. The van der Waals surface area contributed by atoms with Crippen LogP contribution in [0.3, 0.4) is 0 Å². The van der Waals surface area contributed by atoms with Crippen LogP contribution < -0.4 is 20.7 Å². The molecule has 0 aliphatic heterocycles. The van der Waals surface area contributed by atoms with Gasteiger partial charge in [0.15, 0.2) is 0 Å². The predicted octanol–water partition coefficient (Wildman–Crippen LogP) is 3.66. The fourth-order valence-electron chi connectivity index (χ4n) is 2.34. The van der Waals surface area contributed by atoms with E-state index < -0.39 is 0 Å². The zero-order valence-corrected chi connectivity index (χ0v) is 16.0. The fraction of sp³-hybridized carbons (Fsp3) is 0.333. The van der Waals surface area contributed by atoms with E-state index in [0.29, 0.717) is 17.9 Å². The molecule has 0 saturated carbocycles. The van der Waals surface area contributed by atoms with Crippen molar-refractivity contribution in [3.63, 3.8) is 0 Å². The van der Waals surface area contributed by atoms with E-state index in [-0.39, 0.29) is 24.4 Å². The van der Waals surface area contributed by atoms with Crippen molar-refractivity contribution in [2.75, 3.05) is 23.8 Å². The molecule has 1 unspecified atom stereocenters.